The zero-order valence-corrected chi connectivity index (χ0v) is 32.1. The molecule has 0 spiro atoms. The van der Waals surface area contributed by atoms with Crippen LogP contribution in [0.4, 0.5) is 19.9 Å². The van der Waals surface area contributed by atoms with Gasteiger partial charge in [0.05, 0.1) is 33.6 Å². The third-order valence-corrected chi connectivity index (χ3v) is 12.3. The minimum Gasteiger partial charge on any atom is -0.506 e. The Bertz CT molecular complexity index is 2460. The van der Waals surface area contributed by atoms with Gasteiger partial charge in [0.25, 0.3) is 0 Å². The van der Waals surface area contributed by atoms with Crippen LogP contribution in [0.2, 0.25) is 0 Å². The summed E-state index contributed by atoms with van der Waals surface area (Å²) < 4.78 is 2.74. The second-order valence-corrected chi connectivity index (χ2v) is 15.8. The molecule has 57 heavy (non-hydrogen) atoms. The van der Waals surface area contributed by atoms with Crippen molar-refractivity contribution in [3.8, 4) is 16.9 Å². The number of fused-ring (bicyclic) bond motifs is 5. The number of phenolic OH excluding ortho intramolecular Hbond substituents is 1. The number of halogens is 2. The molecule has 5 heterocycles. The van der Waals surface area contributed by atoms with Crippen LogP contribution < -0.4 is 20.6 Å². The van der Waals surface area contributed by atoms with Crippen LogP contribution in [-0.4, -0.2) is 68.1 Å². The molecule has 0 unspecified atom stereocenters. The number of H-pyrrole nitrogens is 1. The molecule has 3 saturated heterocycles. The molecule has 3 aliphatic rings. The van der Waals surface area contributed by atoms with E-state index in [9.17, 15) is 29.7 Å². The number of aryl methyl sites for hydroxylation is 2. The number of unbranched alkanes of at least 4 members (excludes halogenated alkanes) is 1. The van der Waals surface area contributed by atoms with Gasteiger partial charge in [0.15, 0.2) is 0 Å². The van der Waals surface area contributed by atoms with Crippen LogP contribution in [-0.2, 0) is 19.5 Å². The van der Waals surface area contributed by atoms with Gasteiger partial charge >= 0.3 is 11.0 Å². The van der Waals surface area contributed by atoms with Gasteiger partial charge in [-0.05, 0) is 104 Å². The Morgan fingerprint density at radius 1 is 0.930 bits per heavy atom. The van der Waals surface area contributed by atoms with E-state index in [-0.39, 0.29) is 38.2 Å². The number of phenols is 1. The van der Waals surface area contributed by atoms with Crippen molar-refractivity contribution >= 4 is 44.2 Å². The van der Waals surface area contributed by atoms with E-state index in [4.69, 9.17) is 0 Å². The summed E-state index contributed by atoms with van der Waals surface area (Å²) in [4.78, 5) is 44.5. The number of hydrogen-bond donors (Lipinski definition) is 5. The molecule has 4 aromatic carbocycles. The lowest BCUT2D eigenvalue weighted by Gasteiger charge is -2.48. The maximum Gasteiger partial charge on any atom is 0.412 e. The van der Waals surface area contributed by atoms with E-state index < -0.39 is 12.2 Å². The summed E-state index contributed by atoms with van der Waals surface area (Å²) in [5.74, 6) is 0.308. The topological polar surface area (TPSA) is 151 Å². The number of nitrogens with zero attached hydrogens (tertiary/aromatic N) is 3. The number of thiazole rings is 1. The first-order chi connectivity index (χ1) is 26.7. The number of carbonyl (C=O) groups is 1. The number of piperidine rings is 3. The third kappa shape index (κ3) is 8.64. The second kappa shape index (κ2) is 17.8. The summed E-state index contributed by atoms with van der Waals surface area (Å²) >= 11 is 1.23. The molecule has 6 aromatic rings. The lowest BCUT2D eigenvalue weighted by Crippen LogP contribution is -2.59. The van der Waals surface area contributed by atoms with Gasteiger partial charge in [0.2, 0.25) is 5.56 Å². The molecular weight excluding hydrogens is 753 g/mol. The zero-order chi connectivity index (χ0) is 38.1. The number of carboxylic acid groups (broad SMARTS) is 1. The first-order valence-electron chi connectivity index (χ1n) is 19.0. The largest absolute Gasteiger partial charge is 0.506 e. The van der Waals surface area contributed by atoms with Gasteiger partial charge in [-0.2, -0.15) is 0 Å². The van der Waals surface area contributed by atoms with Crippen LogP contribution in [0.25, 0.3) is 32.2 Å². The number of aromatic hydroxyl groups is 1. The molecule has 2 atom stereocenters. The predicted molar refractivity (Wildman–Crippen MR) is 222 cm³/mol. The number of hydrogen-bond acceptors (Lipinski definition) is 8. The summed E-state index contributed by atoms with van der Waals surface area (Å²) in [5, 5.41) is 35.6. The van der Waals surface area contributed by atoms with Gasteiger partial charge in [-0.15, -0.1) is 0 Å². The van der Waals surface area contributed by atoms with Crippen molar-refractivity contribution in [2.45, 2.75) is 57.3 Å². The molecule has 9 rings (SSSR count). The molecule has 5 N–H and O–H groups in total. The standard InChI is InChI=1S/C43H45N5O6S.2FH/c49-37-15-12-32(33-13-16-40(51)45-41(33)37)38(50)25-44-24-28-10-14-34-39(23-28)55-43(54)47(34)19-5-4-6-27-9-11-31(29-7-2-1-3-8-29)35(22-27)48(42(52)53)36-26-46-20-17-30(36)18-21-46;;/h1-3,7-16,22-23,30,36,38,44,49-50H,4-6,17-21,24-26H2,(H,45,51)(H,52,53);2*1H/t36-,38+;;/m0../s1. The Hall–Kier alpha value is -5.41. The van der Waals surface area contributed by atoms with E-state index >= 15 is 0 Å². The van der Waals surface area contributed by atoms with Crippen LogP contribution >= 0.6 is 11.3 Å². The van der Waals surface area contributed by atoms with E-state index in [0.29, 0.717) is 35.5 Å². The summed E-state index contributed by atoms with van der Waals surface area (Å²) in [5.41, 5.74) is 6.20. The Morgan fingerprint density at radius 2 is 1.70 bits per heavy atom. The third-order valence-electron chi connectivity index (χ3n) is 11.3. The Labute approximate surface area is 331 Å². The number of aliphatic hydroxyl groups is 1. The molecule has 3 fully saturated rings. The number of amides is 1. The summed E-state index contributed by atoms with van der Waals surface area (Å²) in [6.07, 6.45) is 2.69. The van der Waals surface area contributed by atoms with Crippen LogP contribution in [0.15, 0.2) is 101 Å². The zero-order valence-electron chi connectivity index (χ0n) is 31.3. The number of rotatable bonds is 13. The number of aliphatic hydroxyl groups excluding tert-OH is 1. The number of anilines is 1. The van der Waals surface area contributed by atoms with Crippen molar-refractivity contribution in [3.05, 3.63) is 128 Å². The van der Waals surface area contributed by atoms with Gasteiger partial charge in [0, 0.05) is 43.2 Å². The highest BCUT2D eigenvalue weighted by molar-refractivity contribution is 7.16. The predicted octanol–water partition coefficient (Wildman–Crippen LogP) is 7.01. The summed E-state index contributed by atoms with van der Waals surface area (Å²) in [7, 11) is 0. The molecule has 1 amide bonds. The second-order valence-electron chi connectivity index (χ2n) is 14.8. The van der Waals surface area contributed by atoms with Gasteiger partial charge in [-0.1, -0.05) is 65.9 Å². The fourth-order valence-corrected chi connectivity index (χ4v) is 9.47. The van der Waals surface area contributed by atoms with Crippen LogP contribution in [0, 0.1) is 5.92 Å². The monoisotopic (exact) mass is 799 g/mol. The van der Waals surface area contributed by atoms with Crippen molar-refractivity contribution in [1.29, 1.82) is 0 Å². The fraction of sp³-hybridized carbons (Fsp3) is 0.326. The minimum atomic E-state index is -0.907. The van der Waals surface area contributed by atoms with Crippen molar-refractivity contribution in [1.82, 2.24) is 19.8 Å². The number of benzene rings is 4. The van der Waals surface area contributed by atoms with E-state index in [1.54, 1.807) is 17.0 Å². The average molecular weight is 800 g/mol. The maximum atomic E-state index is 13.1. The number of aromatic amines is 1. The molecular formula is C43H47F2N5O6S. The lowest BCUT2D eigenvalue weighted by molar-refractivity contribution is 0.0837. The van der Waals surface area contributed by atoms with Crippen LogP contribution in [0.5, 0.6) is 5.75 Å². The molecule has 0 radical (unpaired) electrons. The average Bonchev–Trinajstić information content (AvgIpc) is 3.51. The van der Waals surface area contributed by atoms with E-state index in [2.05, 4.69) is 33.4 Å². The van der Waals surface area contributed by atoms with E-state index in [1.807, 2.05) is 53.1 Å². The summed E-state index contributed by atoms with van der Waals surface area (Å²) in [6.45, 7) is 4.17. The highest BCUT2D eigenvalue weighted by atomic mass is 32.1. The Balaban J connectivity index is 0.00000275. The van der Waals surface area contributed by atoms with Crippen molar-refractivity contribution in [3.63, 3.8) is 0 Å². The first kappa shape index (κ1) is 41.2. The number of nitrogens with one attached hydrogen (secondary N) is 2. The highest BCUT2D eigenvalue weighted by Crippen LogP contribution is 2.39. The highest BCUT2D eigenvalue weighted by Gasteiger charge is 2.41. The lowest BCUT2D eigenvalue weighted by atomic mass is 9.82. The number of pyridine rings is 1. The van der Waals surface area contributed by atoms with Gasteiger partial charge in [-0.25, -0.2) is 4.79 Å². The molecule has 3 aliphatic heterocycles. The molecule has 2 bridgehead atoms. The molecule has 300 valence electrons. The molecule has 14 heteroatoms. The van der Waals surface area contributed by atoms with Crippen molar-refractivity contribution in [2.24, 2.45) is 5.92 Å². The van der Waals surface area contributed by atoms with Crippen molar-refractivity contribution < 1.29 is 29.5 Å². The maximum absolute atomic E-state index is 13.1. The van der Waals surface area contributed by atoms with Gasteiger partial charge in [0.1, 0.15) is 5.75 Å². The van der Waals surface area contributed by atoms with Gasteiger partial charge in [-0.3, -0.25) is 28.5 Å². The van der Waals surface area contributed by atoms with Crippen molar-refractivity contribution in [2.75, 3.05) is 31.1 Å². The van der Waals surface area contributed by atoms with Gasteiger partial charge < -0.3 is 30.5 Å². The number of aromatic nitrogens is 2. The fourth-order valence-electron chi connectivity index (χ4n) is 8.49. The van der Waals surface area contributed by atoms with Crippen LogP contribution in [0.3, 0.4) is 0 Å². The molecule has 0 aliphatic carbocycles. The van der Waals surface area contributed by atoms with E-state index in [0.717, 1.165) is 89.9 Å². The smallest absolute Gasteiger partial charge is 0.412 e. The first-order valence-corrected chi connectivity index (χ1v) is 19.8. The molecule has 0 saturated carbocycles. The summed E-state index contributed by atoms with van der Waals surface area (Å²) in [6, 6.07) is 28.3. The normalized spacial score (nSPS) is 17.9. The van der Waals surface area contributed by atoms with Crippen LogP contribution in [0.1, 0.15) is 48.5 Å². The van der Waals surface area contributed by atoms with E-state index in [1.165, 1.54) is 23.5 Å². The molecule has 11 nitrogen and oxygen atoms in total. The Morgan fingerprint density at radius 3 is 2.44 bits per heavy atom. The molecule has 2 aromatic heterocycles. The SMILES string of the molecule is F.F.O=C(O)N(c1cc(CCCCn2c(=O)sc3cc(CNC[C@@H](O)c4ccc(O)c5[nH]c(=O)ccc45)ccc32)ccc1-c1ccccc1)[C@H]1CN2CCC1CC2. The minimum absolute atomic E-state index is 0. The Kier molecular flexibility index (Phi) is 12.9. The quantitative estimate of drug-likeness (QED) is 0.0784.